The van der Waals surface area contributed by atoms with Crippen LogP contribution >= 0.6 is 0 Å². The topological polar surface area (TPSA) is 74.5 Å². The van der Waals surface area contributed by atoms with Gasteiger partial charge in [0.1, 0.15) is 5.69 Å². The minimum absolute atomic E-state index is 0.0801. The zero-order valence-corrected chi connectivity index (χ0v) is 13.6. The van der Waals surface area contributed by atoms with Gasteiger partial charge in [-0.1, -0.05) is 11.3 Å². The Morgan fingerprint density at radius 3 is 3.04 bits per heavy atom. The quantitative estimate of drug-likeness (QED) is 0.754. The molecule has 1 aromatic heterocycles. The summed E-state index contributed by atoms with van der Waals surface area (Å²) in [5, 5.41) is 17.1. The van der Waals surface area contributed by atoms with Gasteiger partial charge in [0.2, 0.25) is 5.91 Å². The molecule has 23 heavy (non-hydrogen) atoms. The summed E-state index contributed by atoms with van der Waals surface area (Å²) >= 11 is 0. The van der Waals surface area contributed by atoms with Crippen molar-refractivity contribution in [1.82, 2.24) is 24.8 Å². The summed E-state index contributed by atoms with van der Waals surface area (Å²) in [6, 6.07) is 0.399. The summed E-state index contributed by atoms with van der Waals surface area (Å²) < 4.78 is 1.80. The van der Waals surface area contributed by atoms with Crippen LogP contribution in [0.2, 0.25) is 0 Å². The van der Waals surface area contributed by atoms with Crippen LogP contribution < -0.4 is 0 Å². The molecule has 7 nitrogen and oxygen atoms in total. The van der Waals surface area contributed by atoms with Crippen molar-refractivity contribution in [3.05, 3.63) is 24.5 Å². The summed E-state index contributed by atoms with van der Waals surface area (Å²) in [5.41, 5.74) is 0.597. The molecule has 3 saturated heterocycles. The lowest BCUT2D eigenvalue weighted by atomic mass is 9.75. The Labute approximate surface area is 136 Å². The molecule has 4 heterocycles. The van der Waals surface area contributed by atoms with Crippen LogP contribution in [-0.2, 0) is 17.9 Å². The van der Waals surface area contributed by atoms with E-state index in [1.54, 1.807) is 21.9 Å². The molecule has 1 amide bonds. The fraction of sp³-hybridized carbons (Fsp3) is 0.688. The van der Waals surface area contributed by atoms with Gasteiger partial charge >= 0.3 is 0 Å². The van der Waals surface area contributed by atoms with Crippen LogP contribution in [0.3, 0.4) is 0 Å². The first kappa shape index (κ1) is 16.1. The number of aromatic nitrogens is 3. The average Bonchev–Trinajstić information content (AvgIpc) is 3.02. The lowest BCUT2D eigenvalue weighted by molar-refractivity contribution is -0.142. The Morgan fingerprint density at radius 2 is 2.43 bits per heavy atom. The Hall–Kier alpha value is -1.73. The number of hydrogen-bond donors (Lipinski definition) is 1. The molecule has 7 heteroatoms. The number of carbonyl (C=O) groups is 1. The van der Waals surface area contributed by atoms with E-state index < -0.39 is 0 Å². The van der Waals surface area contributed by atoms with Crippen molar-refractivity contribution in [2.24, 2.45) is 11.8 Å². The van der Waals surface area contributed by atoms with Crippen LogP contribution in [-0.4, -0.2) is 68.5 Å². The van der Waals surface area contributed by atoms with Crippen molar-refractivity contribution in [1.29, 1.82) is 0 Å². The first-order valence-corrected chi connectivity index (χ1v) is 8.22. The van der Waals surface area contributed by atoms with Crippen LogP contribution in [0.1, 0.15) is 18.5 Å². The summed E-state index contributed by atoms with van der Waals surface area (Å²) in [7, 11) is 1.85. The molecule has 3 aliphatic rings. The maximum Gasteiger partial charge on any atom is 0.227 e. The molecule has 0 saturated carbocycles. The number of nitrogens with zero attached hydrogens (tertiary/aromatic N) is 5. The Kier molecular flexibility index (Phi) is 4.77. The van der Waals surface area contributed by atoms with Crippen molar-refractivity contribution >= 4 is 5.91 Å². The number of amides is 1. The van der Waals surface area contributed by atoms with Crippen LogP contribution in [0.15, 0.2) is 18.9 Å². The first-order chi connectivity index (χ1) is 11.1. The molecule has 126 valence electrons. The van der Waals surface area contributed by atoms with Gasteiger partial charge in [-0.15, -0.1) is 11.7 Å². The summed E-state index contributed by atoms with van der Waals surface area (Å²) in [6.45, 7) is 6.88. The fourth-order valence-corrected chi connectivity index (χ4v) is 3.89. The molecule has 1 aromatic rings. The highest BCUT2D eigenvalue weighted by Gasteiger charge is 2.43. The van der Waals surface area contributed by atoms with Crippen LogP contribution in [0, 0.1) is 11.8 Å². The Balaban J connectivity index is 1.62. The van der Waals surface area contributed by atoms with Crippen LogP contribution in [0.5, 0.6) is 0 Å². The highest BCUT2D eigenvalue weighted by atomic mass is 16.3. The molecule has 4 rings (SSSR count). The highest BCUT2D eigenvalue weighted by Crippen LogP contribution is 2.37. The molecule has 3 aliphatic heterocycles. The van der Waals surface area contributed by atoms with Gasteiger partial charge in [-0.25, -0.2) is 0 Å². The number of carbonyl (C=O) groups excluding carboxylic acids is 1. The van der Waals surface area contributed by atoms with Gasteiger partial charge in [-0.05, 0) is 25.3 Å². The largest absolute Gasteiger partial charge is 0.390 e. The minimum atomic E-state index is -0.0801. The van der Waals surface area contributed by atoms with Gasteiger partial charge in [0, 0.05) is 26.2 Å². The van der Waals surface area contributed by atoms with Crippen molar-refractivity contribution in [2.75, 3.05) is 26.7 Å². The molecule has 0 aliphatic carbocycles. The van der Waals surface area contributed by atoms with Crippen molar-refractivity contribution in [3.63, 3.8) is 0 Å². The van der Waals surface area contributed by atoms with E-state index in [9.17, 15) is 4.79 Å². The molecule has 3 fully saturated rings. The van der Waals surface area contributed by atoms with Crippen molar-refractivity contribution in [3.8, 4) is 0 Å². The SMILES string of the molecule is C=CCN(C)C(=O)[C@H]1CN2CC[C@H]1C[C@@H]2Cn1cc(CO)nn1. The van der Waals surface area contributed by atoms with Gasteiger partial charge in [0.25, 0.3) is 0 Å². The fourth-order valence-electron chi connectivity index (χ4n) is 3.89. The predicted octanol–water partition coefficient (Wildman–Crippen LogP) is 0.125. The zero-order valence-electron chi connectivity index (χ0n) is 13.6. The number of piperidine rings is 3. The third kappa shape index (κ3) is 3.30. The van der Waals surface area contributed by atoms with E-state index in [-0.39, 0.29) is 18.4 Å². The zero-order chi connectivity index (χ0) is 16.4. The molecule has 0 aromatic carbocycles. The maximum atomic E-state index is 12.6. The summed E-state index contributed by atoms with van der Waals surface area (Å²) in [5.74, 6) is 0.792. The molecular weight excluding hydrogens is 294 g/mol. The van der Waals surface area contributed by atoms with Gasteiger partial charge in [-0.2, -0.15) is 0 Å². The number of aliphatic hydroxyl groups excluding tert-OH is 1. The number of likely N-dealkylation sites (N-methyl/N-ethyl adjacent to an activating group) is 1. The molecule has 1 unspecified atom stereocenters. The molecule has 4 atom stereocenters. The van der Waals surface area contributed by atoms with Crippen LogP contribution in [0.25, 0.3) is 0 Å². The van der Waals surface area contributed by atoms with E-state index in [0.717, 1.165) is 32.5 Å². The summed E-state index contributed by atoms with van der Waals surface area (Å²) in [6.07, 6.45) is 5.68. The number of hydrogen-bond acceptors (Lipinski definition) is 5. The van der Waals surface area contributed by atoms with E-state index in [4.69, 9.17) is 5.11 Å². The smallest absolute Gasteiger partial charge is 0.227 e. The standard InChI is InChI=1S/C16H25N5O2/c1-3-5-19(2)16(23)15-10-20-6-4-12(15)7-14(20)9-21-8-13(11-22)17-18-21/h3,8,12,14-15,22H,1,4-7,9-11H2,2H3/t12-,14+,15-/m0/s1. The maximum absolute atomic E-state index is 12.6. The van der Waals surface area contributed by atoms with E-state index in [0.29, 0.717) is 24.2 Å². The van der Waals surface area contributed by atoms with Crippen molar-refractivity contribution in [2.45, 2.75) is 32.0 Å². The van der Waals surface area contributed by atoms with E-state index in [1.807, 2.05) is 7.05 Å². The second-order valence-corrected chi connectivity index (χ2v) is 6.64. The van der Waals surface area contributed by atoms with Gasteiger partial charge in [-0.3, -0.25) is 14.4 Å². The van der Waals surface area contributed by atoms with Crippen LogP contribution in [0.4, 0.5) is 0 Å². The first-order valence-electron chi connectivity index (χ1n) is 8.22. The third-order valence-corrected chi connectivity index (χ3v) is 5.12. The highest BCUT2D eigenvalue weighted by molar-refractivity contribution is 5.79. The normalized spacial score (nSPS) is 29.5. The molecule has 0 spiro atoms. The third-order valence-electron chi connectivity index (χ3n) is 5.12. The van der Waals surface area contributed by atoms with E-state index in [2.05, 4.69) is 21.8 Å². The van der Waals surface area contributed by atoms with Gasteiger partial charge in [0.15, 0.2) is 0 Å². The summed E-state index contributed by atoms with van der Waals surface area (Å²) in [4.78, 5) is 16.8. The Morgan fingerprint density at radius 1 is 1.61 bits per heavy atom. The van der Waals surface area contributed by atoms with E-state index >= 15 is 0 Å². The lowest BCUT2D eigenvalue weighted by Gasteiger charge is -2.49. The lowest BCUT2D eigenvalue weighted by Crippen LogP contribution is -2.58. The number of rotatable bonds is 6. The minimum Gasteiger partial charge on any atom is -0.390 e. The molecule has 1 N–H and O–H groups in total. The van der Waals surface area contributed by atoms with Crippen molar-refractivity contribution < 1.29 is 9.90 Å². The van der Waals surface area contributed by atoms with Gasteiger partial charge < -0.3 is 10.0 Å². The van der Waals surface area contributed by atoms with Gasteiger partial charge in [0.05, 0.1) is 25.3 Å². The second-order valence-electron chi connectivity index (χ2n) is 6.64. The van der Waals surface area contributed by atoms with E-state index in [1.165, 1.54) is 0 Å². The number of fused-ring (bicyclic) bond motifs is 3. The monoisotopic (exact) mass is 319 g/mol. The number of aliphatic hydroxyl groups is 1. The Bertz CT molecular complexity index is 573. The average molecular weight is 319 g/mol. The molecule has 2 bridgehead atoms. The predicted molar refractivity (Wildman–Crippen MR) is 85.4 cm³/mol. The molecular formula is C16H25N5O2. The second kappa shape index (κ2) is 6.80. The molecule has 0 radical (unpaired) electrons.